The molecule has 0 aliphatic carbocycles. The molecule has 5 heteroatoms. The van der Waals surface area contributed by atoms with Crippen molar-refractivity contribution >= 4 is 10.9 Å². The highest BCUT2D eigenvalue weighted by atomic mass is 16.5. The number of hydrogen-bond acceptors (Lipinski definition) is 5. The molecule has 1 aromatic heterocycles. The minimum atomic E-state index is 0.536. The second-order valence-electron chi connectivity index (χ2n) is 7.38. The number of nitrogens with zero attached hydrogens (tertiary/aromatic N) is 2. The molecule has 0 bridgehead atoms. The number of fused-ring (bicyclic) bond motifs is 1. The molecule has 0 aliphatic heterocycles. The maximum absolute atomic E-state index is 5.92. The van der Waals surface area contributed by atoms with Crippen molar-refractivity contribution in [2.75, 3.05) is 47.6 Å². The molecule has 2 aromatic carbocycles. The van der Waals surface area contributed by atoms with Gasteiger partial charge in [0.25, 0.3) is 0 Å². The fraction of sp³-hybridized carbons (Fsp3) is 0.375. The van der Waals surface area contributed by atoms with Crippen LogP contribution >= 0.6 is 0 Å². The molecule has 29 heavy (non-hydrogen) atoms. The van der Waals surface area contributed by atoms with Crippen LogP contribution in [0.1, 0.15) is 12.0 Å². The predicted octanol–water partition coefficient (Wildman–Crippen LogP) is 4.57. The molecule has 3 rings (SSSR count). The van der Waals surface area contributed by atoms with E-state index in [-0.39, 0.29) is 0 Å². The molecule has 0 radical (unpaired) electrons. The Labute approximate surface area is 173 Å². The summed E-state index contributed by atoms with van der Waals surface area (Å²) in [7, 11) is 5.81. The maximum atomic E-state index is 5.92. The summed E-state index contributed by atoms with van der Waals surface area (Å²) in [6.07, 6.45) is 0.999. The number of benzene rings is 2. The fourth-order valence-electron chi connectivity index (χ4n) is 3.17. The van der Waals surface area contributed by atoms with Crippen LogP contribution in [-0.4, -0.2) is 57.5 Å². The molecule has 0 spiro atoms. The third-order valence-corrected chi connectivity index (χ3v) is 4.69. The summed E-state index contributed by atoms with van der Waals surface area (Å²) in [5.41, 5.74) is 4.12. The fourth-order valence-corrected chi connectivity index (χ4v) is 3.17. The van der Waals surface area contributed by atoms with Gasteiger partial charge in [0.05, 0.1) is 24.4 Å². The van der Waals surface area contributed by atoms with Crippen molar-refractivity contribution < 1.29 is 14.2 Å². The molecule has 0 amide bonds. The predicted molar refractivity (Wildman–Crippen MR) is 118 cm³/mol. The van der Waals surface area contributed by atoms with Gasteiger partial charge in [0.1, 0.15) is 18.1 Å². The normalized spacial score (nSPS) is 11.2. The number of aryl methyl sites for hydroxylation is 1. The molecular weight excluding hydrogens is 364 g/mol. The van der Waals surface area contributed by atoms with Crippen molar-refractivity contribution in [2.24, 2.45) is 0 Å². The van der Waals surface area contributed by atoms with E-state index < -0.39 is 0 Å². The third-order valence-electron chi connectivity index (χ3n) is 4.69. The van der Waals surface area contributed by atoms with E-state index in [1.54, 1.807) is 7.11 Å². The first-order valence-corrected chi connectivity index (χ1v) is 9.98. The van der Waals surface area contributed by atoms with Gasteiger partial charge in [-0.3, -0.25) is 0 Å². The average Bonchev–Trinajstić information content (AvgIpc) is 2.72. The quantitative estimate of drug-likeness (QED) is 0.472. The van der Waals surface area contributed by atoms with Gasteiger partial charge in [-0.1, -0.05) is 12.1 Å². The first-order valence-electron chi connectivity index (χ1n) is 9.98. The zero-order chi connectivity index (χ0) is 20.6. The van der Waals surface area contributed by atoms with Crippen LogP contribution < -0.4 is 9.47 Å². The van der Waals surface area contributed by atoms with Gasteiger partial charge in [0, 0.05) is 24.6 Å². The Morgan fingerprint density at radius 3 is 2.48 bits per heavy atom. The van der Waals surface area contributed by atoms with Crippen molar-refractivity contribution in [3.8, 4) is 22.8 Å². The Kier molecular flexibility index (Phi) is 7.44. The maximum Gasteiger partial charge on any atom is 0.120 e. The number of hydrogen-bond donors (Lipinski definition) is 0. The lowest BCUT2D eigenvalue weighted by Gasteiger charge is -2.12. The number of methoxy groups -OCH3 is 1. The van der Waals surface area contributed by atoms with Crippen LogP contribution in [0.3, 0.4) is 0 Å². The Hall–Kier alpha value is -2.63. The zero-order valence-electron chi connectivity index (χ0n) is 17.8. The van der Waals surface area contributed by atoms with Gasteiger partial charge in [-0.2, -0.15) is 0 Å². The first kappa shape index (κ1) is 21.1. The summed E-state index contributed by atoms with van der Waals surface area (Å²) in [5, 5.41) is 1.10. The second-order valence-corrected chi connectivity index (χ2v) is 7.38. The van der Waals surface area contributed by atoms with E-state index >= 15 is 0 Å². The molecule has 154 valence electrons. The highest BCUT2D eigenvalue weighted by Gasteiger charge is 2.08. The average molecular weight is 395 g/mol. The molecule has 0 atom stereocenters. The lowest BCUT2D eigenvalue weighted by molar-refractivity contribution is 0.146. The van der Waals surface area contributed by atoms with Crippen molar-refractivity contribution in [1.82, 2.24) is 9.88 Å². The van der Waals surface area contributed by atoms with E-state index in [0.717, 1.165) is 46.6 Å². The SMILES string of the molecule is COCCOc1ccc2nc(-c3cccc(OCCCN(C)C)c3)cc(C)c2c1. The van der Waals surface area contributed by atoms with Gasteiger partial charge in [-0.15, -0.1) is 0 Å². The van der Waals surface area contributed by atoms with E-state index in [1.165, 1.54) is 5.56 Å². The number of rotatable bonds is 10. The standard InChI is InChI=1S/C24H30N2O3/c1-18-15-24(19-7-5-8-20(16-19)28-12-6-11-26(2)3)25-23-10-9-21(17-22(18)23)29-14-13-27-4/h5,7-10,15-17H,6,11-14H2,1-4H3. The summed E-state index contributed by atoms with van der Waals surface area (Å²) in [4.78, 5) is 7.02. The van der Waals surface area contributed by atoms with Crippen molar-refractivity contribution in [3.05, 3.63) is 54.1 Å². The number of aromatic nitrogens is 1. The lowest BCUT2D eigenvalue weighted by Crippen LogP contribution is -2.15. The molecule has 0 N–H and O–H groups in total. The van der Waals surface area contributed by atoms with E-state index in [4.69, 9.17) is 19.2 Å². The van der Waals surface area contributed by atoms with Gasteiger partial charge < -0.3 is 19.1 Å². The van der Waals surface area contributed by atoms with Crippen LogP contribution in [0.15, 0.2) is 48.5 Å². The highest BCUT2D eigenvalue weighted by molar-refractivity contribution is 5.86. The number of pyridine rings is 1. The van der Waals surface area contributed by atoms with Crippen LogP contribution in [0.4, 0.5) is 0 Å². The molecule has 3 aromatic rings. The molecule has 5 nitrogen and oxygen atoms in total. The van der Waals surface area contributed by atoms with Crippen LogP contribution in [-0.2, 0) is 4.74 Å². The molecule has 0 saturated carbocycles. The Morgan fingerprint density at radius 1 is 0.897 bits per heavy atom. The van der Waals surface area contributed by atoms with Gasteiger partial charge in [-0.05, 0) is 69.4 Å². The Balaban J connectivity index is 1.77. The largest absolute Gasteiger partial charge is 0.494 e. The first-order chi connectivity index (χ1) is 14.1. The van der Waals surface area contributed by atoms with E-state index in [2.05, 4.69) is 44.1 Å². The summed E-state index contributed by atoms with van der Waals surface area (Å²) in [5.74, 6) is 1.71. The van der Waals surface area contributed by atoms with E-state index in [1.807, 2.05) is 30.3 Å². The smallest absolute Gasteiger partial charge is 0.120 e. The van der Waals surface area contributed by atoms with Crippen LogP contribution in [0.25, 0.3) is 22.2 Å². The molecule has 0 unspecified atom stereocenters. The Morgan fingerprint density at radius 2 is 1.69 bits per heavy atom. The minimum Gasteiger partial charge on any atom is -0.494 e. The minimum absolute atomic E-state index is 0.536. The highest BCUT2D eigenvalue weighted by Crippen LogP contribution is 2.29. The van der Waals surface area contributed by atoms with Crippen LogP contribution in [0.2, 0.25) is 0 Å². The van der Waals surface area contributed by atoms with Gasteiger partial charge >= 0.3 is 0 Å². The van der Waals surface area contributed by atoms with Gasteiger partial charge in [-0.25, -0.2) is 4.98 Å². The van der Waals surface area contributed by atoms with Crippen LogP contribution in [0, 0.1) is 6.92 Å². The van der Waals surface area contributed by atoms with Crippen molar-refractivity contribution in [2.45, 2.75) is 13.3 Å². The topological polar surface area (TPSA) is 43.8 Å². The summed E-state index contributed by atoms with van der Waals surface area (Å²) in [6.45, 7) is 4.93. The van der Waals surface area contributed by atoms with Crippen molar-refractivity contribution in [1.29, 1.82) is 0 Å². The summed E-state index contributed by atoms with van der Waals surface area (Å²) >= 11 is 0. The third kappa shape index (κ3) is 5.92. The lowest BCUT2D eigenvalue weighted by atomic mass is 10.0. The summed E-state index contributed by atoms with van der Waals surface area (Å²) < 4.78 is 16.7. The molecular formula is C24H30N2O3. The molecule has 0 aliphatic rings. The number of ether oxygens (including phenoxy) is 3. The monoisotopic (exact) mass is 394 g/mol. The van der Waals surface area contributed by atoms with Crippen molar-refractivity contribution in [3.63, 3.8) is 0 Å². The second kappa shape index (κ2) is 10.2. The van der Waals surface area contributed by atoms with Gasteiger partial charge in [0.15, 0.2) is 0 Å². The van der Waals surface area contributed by atoms with E-state index in [9.17, 15) is 0 Å². The van der Waals surface area contributed by atoms with E-state index in [0.29, 0.717) is 19.8 Å². The Bertz CT molecular complexity index is 941. The zero-order valence-corrected chi connectivity index (χ0v) is 17.8. The van der Waals surface area contributed by atoms with Crippen LogP contribution in [0.5, 0.6) is 11.5 Å². The van der Waals surface area contributed by atoms with Gasteiger partial charge in [0.2, 0.25) is 0 Å². The molecule has 0 fully saturated rings. The molecule has 0 saturated heterocycles. The molecule has 1 heterocycles. The summed E-state index contributed by atoms with van der Waals surface area (Å²) in [6, 6.07) is 16.3.